The Morgan fingerprint density at radius 1 is 1.36 bits per heavy atom. The molecule has 3 rings (SSSR count). The normalized spacial score (nSPS) is 18.3. The Bertz CT molecular complexity index is 751. The monoisotopic (exact) mass is 304 g/mol. The largest absolute Gasteiger partial charge is 0.376 e. The molecule has 0 radical (unpaired) electrons. The average molecular weight is 304 g/mol. The highest BCUT2D eigenvalue weighted by Gasteiger charge is 2.17. The molecule has 1 aromatic heterocycles. The molecule has 0 aliphatic carbocycles. The van der Waals surface area contributed by atoms with Crippen LogP contribution >= 0.6 is 0 Å². The molecule has 0 saturated carbocycles. The van der Waals surface area contributed by atoms with Crippen LogP contribution in [0.15, 0.2) is 29.1 Å². The molecule has 22 heavy (non-hydrogen) atoms. The van der Waals surface area contributed by atoms with Gasteiger partial charge in [-0.1, -0.05) is 0 Å². The van der Waals surface area contributed by atoms with E-state index in [1.165, 1.54) is 24.3 Å². The van der Waals surface area contributed by atoms with Gasteiger partial charge < -0.3 is 15.0 Å². The van der Waals surface area contributed by atoms with E-state index in [0.29, 0.717) is 24.1 Å². The van der Waals surface area contributed by atoms with Crippen LogP contribution < -0.4 is 10.9 Å². The maximum absolute atomic E-state index is 13.3. The zero-order chi connectivity index (χ0) is 15.5. The van der Waals surface area contributed by atoms with Crippen LogP contribution in [0.1, 0.15) is 29.6 Å². The summed E-state index contributed by atoms with van der Waals surface area (Å²) in [6, 6.07) is 5.20. The van der Waals surface area contributed by atoms with Crippen molar-refractivity contribution in [2.75, 3.05) is 13.2 Å². The zero-order valence-electron chi connectivity index (χ0n) is 12.0. The lowest BCUT2D eigenvalue weighted by Crippen LogP contribution is -2.35. The van der Waals surface area contributed by atoms with Gasteiger partial charge in [0.1, 0.15) is 5.82 Å². The summed E-state index contributed by atoms with van der Waals surface area (Å²) in [5, 5.41) is 3.31. The standard InChI is InChI=1S/C16H17FN2O3/c17-10-4-5-12-13(8-15(20)19-14(12)7-10)16(21)18-9-11-3-1-2-6-22-11/h4-5,7-8,11H,1-3,6,9H2,(H,18,21)(H,19,20). The van der Waals surface area contributed by atoms with Gasteiger partial charge in [-0.25, -0.2) is 4.39 Å². The van der Waals surface area contributed by atoms with E-state index >= 15 is 0 Å². The Kier molecular flexibility index (Phi) is 4.20. The van der Waals surface area contributed by atoms with Gasteiger partial charge in [0.15, 0.2) is 0 Å². The van der Waals surface area contributed by atoms with E-state index in [-0.39, 0.29) is 17.6 Å². The Balaban J connectivity index is 1.82. The number of aromatic amines is 1. The fraction of sp³-hybridized carbons (Fsp3) is 0.375. The molecule has 1 fully saturated rings. The van der Waals surface area contributed by atoms with E-state index in [9.17, 15) is 14.0 Å². The van der Waals surface area contributed by atoms with Crippen LogP contribution in [0.3, 0.4) is 0 Å². The predicted molar refractivity (Wildman–Crippen MR) is 80.5 cm³/mol. The number of hydrogen-bond acceptors (Lipinski definition) is 3. The highest BCUT2D eigenvalue weighted by Crippen LogP contribution is 2.17. The van der Waals surface area contributed by atoms with Crippen molar-refractivity contribution in [3.05, 3.63) is 46.0 Å². The van der Waals surface area contributed by atoms with Gasteiger partial charge in [-0.3, -0.25) is 9.59 Å². The van der Waals surface area contributed by atoms with Gasteiger partial charge >= 0.3 is 0 Å². The topological polar surface area (TPSA) is 71.2 Å². The molecule has 2 heterocycles. The molecule has 5 nitrogen and oxygen atoms in total. The van der Waals surface area contributed by atoms with Crippen molar-refractivity contribution in [1.82, 2.24) is 10.3 Å². The summed E-state index contributed by atoms with van der Waals surface area (Å²) >= 11 is 0. The first-order valence-corrected chi connectivity index (χ1v) is 7.36. The van der Waals surface area contributed by atoms with E-state index in [1.54, 1.807) is 0 Å². The van der Waals surface area contributed by atoms with Gasteiger partial charge in [0.25, 0.3) is 5.91 Å². The maximum Gasteiger partial charge on any atom is 0.252 e. The minimum Gasteiger partial charge on any atom is -0.376 e. The van der Waals surface area contributed by atoms with Gasteiger partial charge in [-0.2, -0.15) is 0 Å². The first kappa shape index (κ1) is 14.7. The SMILES string of the molecule is O=C(NCC1CCCCO1)c1cc(=O)[nH]c2cc(F)ccc12. The molecule has 116 valence electrons. The van der Waals surface area contributed by atoms with Gasteiger partial charge in [-0.05, 0) is 37.5 Å². The molecule has 1 amide bonds. The number of hydrogen-bond donors (Lipinski definition) is 2. The van der Waals surface area contributed by atoms with Crippen molar-refractivity contribution in [2.24, 2.45) is 0 Å². The summed E-state index contributed by atoms with van der Waals surface area (Å²) < 4.78 is 18.8. The van der Waals surface area contributed by atoms with E-state index < -0.39 is 11.4 Å². The molecular weight excluding hydrogens is 287 g/mol. The van der Waals surface area contributed by atoms with Gasteiger partial charge in [-0.15, -0.1) is 0 Å². The van der Waals surface area contributed by atoms with Crippen LogP contribution in [0.25, 0.3) is 10.9 Å². The third-order valence-corrected chi connectivity index (χ3v) is 3.81. The van der Waals surface area contributed by atoms with Gasteiger partial charge in [0.05, 0.1) is 17.2 Å². The second-order valence-corrected chi connectivity index (χ2v) is 5.44. The second-order valence-electron chi connectivity index (χ2n) is 5.44. The Labute approximate surface area is 126 Å². The molecule has 6 heteroatoms. The van der Waals surface area contributed by atoms with Gasteiger partial charge in [0.2, 0.25) is 5.56 Å². The number of halogens is 1. The van der Waals surface area contributed by atoms with Crippen molar-refractivity contribution < 1.29 is 13.9 Å². The summed E-state index contributed by atoms with van der Waals surface area (Å²) in [5.74, 6) is -0.812. The zero-order valence-corrected chi connectivity index (χ0v) is 12.0. The molecule has 1 unspecified atom stereocenters. The lowest BCUT2D eigenvalue weighted by Gasteiger charge is -2.22. The van der Waals surface area contributed by atoms with Gasteiger partial charge in [0, 0.05) is 24.6 Å². The van der Waals surface area contributed by atoms with Crippen LogP contribution in [-0.4, -0.2) is 30.1 Å². The van der Waals surface area contributed by atoms with Crippen LogP contribution in [0.5, 0.6) is 0 Å². The summed E-state index contributed by atoms with van der Waals surface area (Å²) in [7, 11) is 0. The summed E-state index contributed by atoms with van der Waals surface area (Å²) in [6.07, 6.45) is 3.08. The molecule has 1 atom stereocenters. The maximum atomic E-state index is 13.3. The number of aromatic nitrogens is 1. The fourth-order valence-corrected chi connectivity index (χ4v) is 2.69. The molecule has 1 saturated heterocycles. The summed E-state index contributed by atoms with van der Waals surface area (Å²) in [5.41, 5.74) is 0.123. The lowest BCUT2D eigenvalue weighted by atomic mass is 10.1. The molecule has 2 N–H and O–H groups in total. The summed E-state index contributed by atoms with van der Waals surface area (Å²) in [4.78, 5) is 26.5. The molecule has 1 aliphatic rings. The van der Waals surface area contributed by atoms with E-state index in [4.69, 9.17) is 4.74 Å². The highest BCUT2D eigenvalue weighted by molar-refractivity contribution is 6.05. The minimum absolute atomic E-state index is 0.0170. The number of H-pyrrole nitrogens is 1. The summed E-state index contributed by atoms with van der Waals surface area (Å²) in [6.45, 7) is 1.13. The van der Waals surface area contributed by atoms with Crippen LogP contribution in [0.4, 0.5) is 4.39 Å². The van der Waals surface area contributed by atoms with Crippen LogP contribution in [0, 0.1) is 5.82 Å². The third kappa shape index (κ3) is 3.17. The van der Waals surface area contributed by atoms with Crippen LogP contribution in [0.2, 0.25) is 0 Å². The lowest BCUT2D eigenvalue weighted by molar-refractivity contribution is 0.0169. The number of ether oxygens (including phenoxy) is 1. The first-order chi connectivity index (χ1) is 10.6. The number of amides is 1. The number of nitrogens with one attached hydrogen (secondary N) is 2. The number of pyridine rings is 1. The van der Waals surface area contributed by atoms with Crippen molar-refractivity contribution in [2.45, 2.75) is 25.4 Å². The van der Waals surface area contributed by atoms with Crippen LogP contribution in [-0.2, 0) is 4.74 Å². The number of carbonyl (C=O) groups is 1. The van der Waals surface area contributed by atoms with E-state index in [2.05, 4.69) is 10.3 Å². The van der Waals surface area contributed by atoms with E-state index in [0.717, 1.165) is 19.3 Å². The van der Waals surface area contributed by atoms with Crippen molar-refractivity contribution >= 4 is 16.8 Å². The molecule has 2 aromatic rings. The first-order valence-electron chi connectivity index (χ1n) is 7.36. The van der Waals surface area contributed by atoms with E-state index in [1.807, 2.05) is 0 Å². The number of rotatable bonds is 3. The van der Waals surface area contributed by atoms with Crippen molar-refractivity contribution in [1.29, 1.82) is 0 Å². The molecular formula is C16H17FN2O3. The Hall–Kier alpha value is -2.21. The number of benzene rings is 1. The Morgan fingerprint density at radius 3 is 3.00 bits per heavy atom. The number of carbonyl (C=O) groups excluding carboxylic acids is 1. The Morgan fingerprint density at radius 2 is 2.23 bits per heavy atom. The smallest absolute Gasteiger partial charge is 0.252 e. The average Bonchev–Trinajstić information content (AvgIpc) is 2.52. The quantitative estimate of drug-likeness (QED) is 0.910. The second kappa shape index (κ2) is 6.27. The number of fused-ring (bicyclic) bond motifs is 1. The predicted octanol–water partition coefficient (Wildman–Crippen LogP) is 1.97. The van der Waals surface area contributed by atoms with Crippen molar-refractivity contribution in [3.63, 3.8) is 0 Å². The minimum atomic E-state index is -0.462. The molecule has 1 aromatic carbocycles. The molecule has 0 spiro atoms. The highest BCUT2D eigenvalue weighted by atomic mass is 19.1. The molecule has 0 bridgehead atoms. The van der Waals surface area contributed by atoms with Crippen molar-refractivity contribution in [3.8, 4) is 0 Å². The molecule has 1 aliphatic heterocycles. The fourth-order valence-electron chi connectivity index (χ4n) is 2.69. The third-order valence-electron chi connectivity index (χ3n) is 3.81.